The average molecular weight is 646 g/mol. The van der Waals surface area contributed by atoms with Gasteiger partial charge < -0.3 is 4.57 Å². The van der Waals surface area contributed by atoms with E-state index in [1.165, 1.54) is 53.6 Å². The number of hydrogen-bond donors (Lipinski definition) is 0. The molecule has 0 aliphatic carbocycles. The van der Waals surface area contributed by atoms with E-state index in [0.717, 1.165) is 39.5 Å². The van der Waals surface area contributed by atoms with Gasteiger partial charge in [-0.3, -0.25) is 0 Å². The predicted octanol–water partition coefficient (Wildman–Crippen LogP) is 12.1. The second-order valence-electron chi connectivity index (χ2n) is 13.4. The summed E-state index contributed by atoms with van der Waals surface area (Å²) in [6.07, 6.45) is 0. The summed E-state index contributed by atoms with van der Waals surface area (Å²) in [6.45, 7) is 4.77. The van der Waals surface area contributed by atoms with E-state index in [9.17, 15) is 0 Å². The number of rotatable bonds is 4. The van der Waals surface area contributed by atoms with Gasteiger partial charge in [-0.25, -0.2) is 9.97 Å². The SMILES string of the molecule is CC1(C)c2sc3ccccc3c2-n2c3ccc(-c4cccc(-c5cc(-c6ccccc6)nc(-c6ccccc6)n5)c4)cc3c3cccc1c32. The van der Waals surface area contributed by atoms with Crippen LogP contribution in [0.1, 0.15) is 24.3 Å². The normalized spacial score (nSPS) is 13.3. The third-order valence-corrected chi connectivity index (χ3v) is 11.6. The Kier molecular flexibility index (Phi) is 6.09. The van der Waals surface area contributed by atoms with Crippen molar-refractivity contribution in [2.45, 2.75) is 19.3 Å². The molecule has 232 valence electrons. The van der Waals surface area contributed by atoms with Gasteiger partial charge in [-0.2, -0.15) is 0 Å². The molecular formula is C45H31N3S. The highest BCUT2D eigenvalue weighted by atomic mass is 32.1. The van der Waals surface area contributed by atoms with E-state index in [-0.39, 0.29) is 5.41 Å². The molecule has 0 saturated heterocycles. The summed E-state index contributed by atoms with van der Waals surface area (Å²) >= 11 is 1.93. The molecule has 0 atom stereocenters. The van der Waals surface area contributed by atoms with Crippen molar-refractivity contribution in [1.29, 1.82) is 0 Å². The number of fused-ring (bicyclic) bond motifs is 7. The number of nitrogens with zero attached hydrogens (tertiary/aromatic N) is 3. The summed E-state index contributed by atoms with van der Waals surface area (Å²) in [6, 6.07) is 54.2. The summed E-state index contributed by atoms with van der Waals surface area (Å²) in [5.41, 5.74) is 12.5. The summed E-state index contributed by atoms with van der Waals surface area (Å²) in [7, 11) is 0. The van der Waals surface area contributed by atoms with Crippen molar-refractivity contribution in [2.24, 2.45) is 0 Å². The van der Waals surface area contributed by atoms with E-state index in [0.29, 0.717) is 0 Å². The van der Waals surface area contributed by atoms with Gasteiger partial charge in [0.2, 0.25) is 0 Å². The number of para-hydroxylation sites is 1. The Hall–Kier alpha value is -5.84. The van der Waals surface area contributed by atoms with E-state index in [1.54, 1.807) is 0 Å². The maximum Gasteiger partial charge on any atom is 0.160 e. The van der Waals surface area contributed by atoms with Crippen LogP contribution in [0.25, 0.3) is 82.6 Å². The molecule has 3 aromatic heterocycles. The van der Waals surface area contributed by atoms with Gasteiger partial charge in [0.1, 0.15) is 0 Å². The molecule has 0 bridgehead atoms. The van der Waals surface area contributed by atoms with Gasteiger partial charge >= 0.3 is 0 Å². The van der Waals surface area contributed by atoms with Gasteiger partial charge in [0, 0.05) is 47.8 Å². The Balaban J connectivity index is 1.15. The molecule has 1 aliphatic rings. The second-order valence-corrected chi connectivity index (χ2v) is 14.5. The zero-order chi connectivity index (χ0) is 32.7. The largest absolute Gasteiger partial charge is 0.307 e. The first-order valence-corrected chi connectivity index (χ1v) is 17.6. The van der Waals surface area contributed by atoms with Gasteiger partial charge in [-0.1, -0.05) is 135 Å². The van der Waals surface area contributed by atoms with Gasteiger partial charge in [0.05, 0.1) is 28.1 Å². The van der Waals surface area contributed by atoms with Crippen LogP contribution >= 0.6 is 11.3 Å². The molecule has 6 aromatic carbocycles. The molecule has 0 N–H and O–H groups in total. The first kappa shape index (κ1) is 28.2. The molecule has 4 heteroatoms. The van der Waals surface area contributed by atoms with Crippen LogP contribution in [-0.2, 0) is 5.41 Å². The number of aromatic nitrogens is 3. The Labute approximate surface area is 288 Å². The molecule has 0 saturated carbocycles. The Morgan fingerprint density at radius 2 is 1.14 bits per heavy atom. The van der Waals surface area contributed by atoms with E-state index < -0.39 is 0 Å². The van der Waals surface area contributed by atoms with Crippen LogP contribution < -0.4 is 0 Å². The van der Waals surface area contributed by atoms with Crippen LogP contribution in [0, 0.1) is 0 Å². The highest BCUT2D eigenvalue weighted by Gasteiger charge is 2.37. The topological polar surface area (TPSA) is 30.7 Å². The highest BCUT2D eigenvalue weighted by molar-refractivity contribution is 7.19. The minimum Gasteiger partial charge on any atom is -0.307 e. The Bertz CT molecular complexity index is 2680. The lowest BCUT2D eigenvalue weighted by molar-refractivity contribution is 0.647. The summed E-state index contributed by atoms with van der Waals surface area (Å²) in [5, 5.41) is 3.91. The van der Waals surface area contributed by atoms with Crippen LogP contribution in [0.5, 0.6) is 0 Å². The van der Waals surface area contributed by atoms with Crippen LogP contribution in [0.4, 0.5) is 0 Å². The zero-order valence-corrected chi connectivity index (χ0v) is 28.0. The maximum absolute atomic E-state index is 5.10. The van der Waals surface area contributed by atoms with Crippen LogP contribution in [0.2, 0.25) is 0 Å². The lowest BCUT2D eigenvalue weighted by Crippen LogP contribution is -2.24. The summed E-state index contributed by atoms with van der Waals surface area (Å²) in [4.78, 5) is 11.5. The first-order valence-electron chi connectivity index (χ1n) is 16.8. The standard InChI is InChI=1S/C45H31N3S/c1-45(2)36-21-12-20-33-35-26-31(23-24-39(35)48(41(33)36)42-34-19-9-10-22-40(34)49-43(42)45)30-17-11-18-32(25-30)38-27-37(28-13-5-3-6-14-28)46-44(47-38)29-15-7-4-8-16-29/h3-27H,1-2H3. The summed E-state index contributed by atoms with van der Waals surface area (Å²) in [5.74, 6) is 0.723. The number of benzene rings is 6. The molecule has 0 radical (unpaired) electrons. The third kappa shape index (κ3) is 4.27. The molecule has 0 amide bonds. The molecule has 10 rings (SSSR count). The maximum atomic E-state index is 5.10. The van der Waals surface area contributed by atoms with Crippen LogP contribution in [0.3, 0.4) is 0 Å². The van der Waals surface area contributed by atoms with Crippen molar-refractivity contribution >= 4 is 43.2 Å². The van der Waals surface area contributed by atoms with Gasteiger partial charge in [-0.05, 0) is 47.0 Å². The fraction of sp³-hybridized carbons (Fsp3) is 0.0667. The minimum absolute atomic E-state index is 0.0885. The van der Waals surface area contributed by atoms with E-state index in [1.807, 2.05) is 35.6 Å². The minimum atomic E-state index is -0.0885. The molecule has 1 aliphatic heterocycles. The van der Waals surface area contributed by atoms with Crippen molar-refractivity contribution in [1.82, 2.24) is 14.5 Å². The van der Waals surface area contributed by atoms with E-state index in [4.69, 9.17) is 9.97 Å². The van der Waals surface area contributed by atoms with Crippen molar-refractivity contribution in [3.8, 4) is 50.7 Å². The van der Waals surface area contributed by atoms with Crippen molar-refractivity contribution in [3.63, 3.8) is 0 Å². The first-order chi connectivity index (χ1) is 24.0. The zero-order valence-electron chi connectivity index (χ0n) is 27.2. The molecule has 9 aromatic rings. The van der Waals surface area contributed by atoms with Gasteiger partial charge in [-0.15, -0.1) is 11.3 Å². The fourth-order valence-corrected chi connectivity index (χ4v) is 9.02. The quantitative estimate of drug-likeness (QED) is 0.191. The summed E-state index contributed by atoms with van der Waals surface area (Å²) < 4.78 is 3.88. The Morgan fingerprint density at radius 1 is 0.510 bits per heavy atom. The number of thiophene rings is 1. The molecule has 49 heavy (non-hydrogen) atoms. The van der Waals surface area contributed by atoms with Crippen molar-refractivity contribution in [2.75, 3.05) is 0 Å². The average Bonchev–Trinajstić information content (AvgIpc) is 3.71. The fourth-order valence-electron chi connectivity index (χ4n) is 7.71. The second kappa shape index (κ2) is 10.6. The molecule has 0 spiro atoms. The molecule has 0 unspecified atom stereocenters. The molecule has 4 heterocycles. The van der Waals surface area contributed by atoms with Crippen LogP contribution in [-0.4, -0.2) is 14.5 Å². The van der Waals surface area contributed by atoms with Gasteiger partial charge in [0.25, 0.3) is 0 Å². The lowest BCUT2D eigenvalue weighted by Gasteiger charge is -2.32. The monoisotopic (exact) mass is 645 g/mol. The molecular weight excluding hydrogens is 615 g/mol. The lowest BCUT2D eigenvalue weighted by atomic mass is 9.79. The smallest absolute Gasteiger partial charge is 0.160 e. The van der Waals surface area contributed by atoms with Gasteiger partial charge in [0.15, 0.2) is 5.82 Å². The predicted molar refractivity (Wildman–Crippen MR) is 206 cm³/mol. The van der Waals surface area contributed by atoms with E-state index in [2.05, 4.69) is 146 Å². The van der Waals surface area contributed by atoms with Crippen molar-refractivity contribution in [3.05, 3.63) is 162 Å². The van der Waals surface area contributed by atoms with Crippen LogP contribution in [0.15, 0.2) is 152 Å². The third-order valence-electron chi connectivity index (χ3n) is 10.1. The van der Waals surface area contributed by atoms with Crippen molar-refractivity contribution < 1.29 is 0 Å². The highest BCUT2D eigenvalue weighted by Crippen LogP contribution is 2.53. The van der Waals surface area contributed by atoms with E-state index >= 15 is 0 Å². The Morgan fingerprint density at radius 3 is 1.96 bits per heavy atom. The number of hydrogen-bond acceptors (Lipinski definition) is 3. The molecule has 0 fully saturated rings. The molecule has 3 nitrogen and oxygen atoms in total.